The number of thioether (sulfide) groups is 1. The zero-order valence-electron chi connectivity index (χ0n) is 12.3. The molecule has 0 aliphatic carbocycles. The van der Waals surface area contributed by atoms with E-state index in [2.05, 4.69) is 23.7 Å². The molecule has 0 saturated heterocycles. The van der Waals surface area contributed by atoms with Crippen LogP contribution >= 0.6 is 11.8 Å². The van der Waals surface area contributed by atoms with Crippen molar-refractivity contribution in [3.63, 3.8) is 0 Å². The van der Waals surface area contributed by atoms with Crippen LogP contribution < -0.4 is 11.1 Å². The Morgan fingerprint density at radius 3 is 2.70 bits per heavy atom. The minimum atomic E-state index is -0.401. The summed E-state index contributed by atoms with van der Waals surface area (Å²) in [6.45, 7) is 0.742. The summed E-state index contributed by atoms with van der Waals surface area (Å²) in [5, 5.41) is 2.92. The second kappa shape index (κ2) is 10.7. The summed E-state index contributed by atoms with van der Waals surface area (Å²) in [5.74, 6) is 1.18. The third-order valence-corrected chi connectivity index (χ3v) is 3.95. The normalized spacial score (nSPS) is 12.1. The molecule has 1 aromatic carbocycles. The lowest BCUT2D eigenvalue weighted by molar-refractivity contribution is -0.122. The number of carbonyl (C=O) groups excluding carboxylic acids is 1. The quantitative estimate of drug-likeness (QED) is 0.652. The molecule has 0 aromatic heterocycles. The lowest BCUT2D eigenvalue weighted by atomic mass is 10.1. The zero-order chi connectivity index (χ0) is 14.6. The number of hydrogen-bond acceptors (Lipinski definition) is 3. The number of aryl methyl sites for hydroxylation is 1. The average molecular weight is 294 g/mol. The summed E-state index contributed by atoms with van der Waals surface area (Å²) in [6, 6.07) is 9.74. The Labute approximate surface area is 126 Å². The van der Waals surface area contributed by atoms with Crippen molar-refractivity contribution in [3.05, 3.63) is 35.9 Å². The first-order chi connectivity index (χ1) is 9.74. The topological polar surface area (TPSA) is 55.1 Å². The molecule has 3 N–H and O–H groups in total. The van der Waals surface area contributed by atoms with Crippen LogP contribution in [0.25, 0.3) is 0 Å². The highest BCUT2D eigenvalue weighted by molar-refractivity contribution is 7.98. The number of carbonyl (C=O) groups is 1. The molecule has 1 rings (SSSR count). The van der Waals surface area contributed by atoms with Gasteiger partial charge < -0.3 is 11.1 Å². The largest absolute Gasteiger partial charge is 0.355 e. The van der Waals surface area contributed by atoms with Crippen LogP contribution in [-0.2, 0) is 11.2 Å². The van der Waals surface area contributed by atoms with E-state index in [1.807, 2.05) is 30.0 Å². The predicted octanol–water partition coefficient (Wildman–Crippen LogP) is 2.60. The number of rotatable bonds is 10. The Kier molecular flexibility index (Phi) is 9.16. The third kappa shape index (κ3) is 7.56. The zero-order valence-corrected chi connectivity index (χ0v) is 13.1. The van der Waals surface area contributed by atoms with Crippen molar-refractivity contribution in [1.82, 2.24) is 5.32 Å². The molecule has 112 valence electrons. The predicted molar refractivity (Wildman–Crippen MR) is 88.0 cm³/mol. The Balaban J connectivity index is 2.10. The molecular weight excluding hydrogens is 268 g/mol. The fourth-order valence-corrected chi connectivity index (χ4v) is 2.48. The van der Waals surface area contributed by atoms with E-state index in [9.17, 15) is 4.79 Å². The summed E-state index contributed by atoms with van der Waals surface area (Å²) in [5.41, 5.74) is 7.14. The molecule has 1 atom stereocenters. The minimum absolute atomic E-state index is 0.0224. The lowest BCUT2D eigenvalue weighted by Crippen LogP contribution is -2.41. The molecule has 0 saturated carbocycles. The van der Waals surface area contributed by atoms with Gasteiger partial charge in [-0.2, -0.15) is 11.8 Å². The van der Waals surface area contributed by atoms with Crippen molar-refractivity contribution in [3.8, 4) is 0 Å². The van der Waals surface area contributed by atoms with Gasteiger partial charge in [0.25, 0.3) is 0 Å². The van der Waals surface area contributed by atoms with Crippen molar-refractivity contribution in [1.29, 1.82) is 0 Å². The average Bonchev–Trinajstić information content (AvgIpc) is 2.49. The van der Waals surface area contributed by atoms with Gasteiger partial charge in [-0.1, -0.05) is 36.8 Å². The summed E-state index contributed by atoms with van der Waals surface area (Å²) in [4.78, 5) is 11.8. The van der Waals surface area contributed by atoms with Crippen LogP contribution in [0, 0.1) is 0 Å². The second-order valence-electron chi connectivity index (χ2n) is 4.98. The first-order valence-corrected chi connectivity index (χ1v) is 8.69. The molecule has 20 heavy (non-hydrogen) atoms. The third-order valence-electron chi connectivity index (χ3n) is 3.25. The van der Waals surface area contributed by atoms with E-state index in [0.717, 1.165) is 19.4 Å². The fourth-order valence-electron chi connectivity index (χ4n) is 1.99. The second-order valence-corrected chi connectivity index (χ2v) is 5.96. The van der Waals surface area contributed by atoms with Crippen LogP contribution in [0.5, 0.6) is 0 Å². The van der Waals surface area contributed by atoms with Gasteiger partial charge in [0.05, 0.1) is 6.04 Å². The first-order valence-electron chi connectivity index (χ1n) is 7.30. The molecule has 1 aromatic rings. The van der Waals surface area contributed by atoms with E-state index in [1.165, 1.54) is 24.2 Å². The molecule has 0 spiro atoms. The van der Waals surface area contributed by atoms with E-state index >= 15 is 0 Å². The number of nitrogens with one attached hydrogen (secondary N) is 1. The highest BCUT2D eigenvalue weighted by atomic mass is 32.2. The van der Waals surface area contributed by atoms with Crippen molar-refractivity contribution < 1.29 is 4.79 Å². The molecule has 1 amide bonds. The van der Waals surface area contributed by atoms with Gasteiger partial charge in [0.15, 0.2) is 0 Å². The summed E-state index contributed by atoms with van der Waals surface area (Å²) >= 11 is 1.87. The molecule has 0 bridgehead atoms. The highest BCUT2D eigenvalue weighted by Gasteiger charge is 2.12. The maximum atomic E-state index is 11.8. The van der Waals surface area contributed by atoms with Gasteiger partial charge in [-0.05, 0) is 43.3 Å². The van der Waals surface area contributed by atoms with E-state index < -0.39 is 6.04 Å². The lowest BCUT2D eigenvalue weighted by Gasteiger charge is -2.12. The van der Waals surface area contributed by atoms with Crippen LogP contribution in [0.3, 0.4) is 0 Å². The van der Waals surface area contributed by atoms with Gasteiger partial charge in [-0.15, -0.1) is 0 Å². The van der Waals surface area contributed by atoms with Gasteiger partial charge in [0.2, 0.25) is 5.91 Å². The Bertz CT molecular complexity index is 370. The van der Waals surface area contributed by atoms with Crippen molar-refractivity contribution in [2.24, 2.45) is 5.73 Å². The number of benzene rings is 1. The van der Waals surface area contributed by atoms with Crippen LogP contribution in [0.15, 0.2) is 30.3 Å². The maximum Gasteiger partial charge on any atom is 0.236 e. The Morgan fingerprint density at radius 2 is 2.00 bits per heavy atom. The van der Waals surface area contributed by atoms with Gasteiger partial charge in [0, 0.05) is 6.54 Å². The molecule has 0 aliphatic rings. The fraction of sp³-hybridized carbons (Fsp3) is 0.562. The number of nitrogens with two attached hydrogens (primary N) is 1. The van der Waals surface area contributed by atoms with Crippen LogP contribution in [0.2, 0.25) is 0 Å². The van der Waals surface area contributed by atoms with Gasteiger partial charge in [-0.25, -0.2) is 0 Å². The Hall–Kier alpha value is -1.00. The van der Waals surface area contributed by atoms with Gasteiger partial charge in [-0.3, -0.25) is 4.79 Å². The molecule has 0 fully saturated rings. The van der Waals surface area contributed by atoms with Crippen LogP contribution in [0.1, 0.15) is 31.2 Å². The molecule has 4 heteroatoms. The van der Waals surface area contributed by atoms with E-state index in [4.69, 9.17) is 5.73 Å². The molecule has 0 radical (unpaired) electrons. The number of hydrogen-bond donors (Lipinski definition) is 2. The van der Waals surface area contributed by atoms with E-state index in [-0.39, 0.29) is 5.91 Å². The highest BCUT2D eigenvalue weighted by Crippen LogP contribution is 2.04. The van der Waals surface area contributed by atoms with Crippen LogP contribution in [-0.4, -0.2) is 30.5 Å². The van der Waals surface area contributed by atoms with Crippen molar-refractivity contribution in [2.45, 2.75) is 38.1 Å². The van der Waals surface area contributed by atoms with Gasteiger partial charge >= 0.3 is 0 Å². The molecule has 3 nitrogen and oxygen atoms in total. The summed E-state index contributed by atoms with van der Waals surface area (Å²) in [7, 11) is 0. The Morgan fingerprint density at radius 1 is 1.25 bits per heavy atom. The van der Waals surface area contributed by atoms with Crippen molar-refractivity contribution in [2.75, 3.05) is 18.6 Å². The van der Waals surface area contributed by atoms with E-state index in [0.29, 0.717) is 6.42 Å². The monoisotopic (exact) mass is 294 g/mol. The molecule has 0 aliphatic heterocycles. The van der Waals surface area contributed by atoms with Crippen LogP contribution in [0.4, 0.5) is 0 Å². The summed E-state index contributed by atoms with van der Waals surface area (Å²) in [6.07, 6.45) is 7.09. The van der Waals surface area contributed by atoms with Gasteiger partial charge in [0.1, 0.15) is 0 Å². The maximum absolute atomic E-state index is 11.8. The molecule has 0 heterocycles. The van der Waals surface area contributed by atoms with E-state index in [1.54, 1.807) is 0 Å². The smallest absolute Gasteiger partial charge is 0.236 e. The minimum Gasteiger partial charge on any atom is -0.355 e. The summed E-state index contributed by atoms with van der Waals surface area (Å²) < 4.78 is 0. The standard InChI is InChI=1S/C16H26N2OS/c1-20-13-7-3-6-12-18-16(19)15(17)11-10-14-8-4-2-5-9-14/h2,4-5,8-9,15H,3,6-7,10-13,17H2,1H3,(H,18,19). The van der Waals surface area contributed by atoms with Crippen molar-refractivity contribution >= 4 is 17.7 Å². The SMILES string of the molecule is CSCCCCCNC(=O)C(N)CCc1ccccc1. The molecule has 1 unspecified atom stereocenters. The first kappa shape index (κ1) is 17.1. The molecular formula is C16H26N2OS. The number of unbranched alkanes of at least 4 members (excludes halogenated alkanes) is 2. The number of amides is 1.